The number of hydrogen-bond donors (Lipinski definition) is 0. The summed E-state index contributed by atoms with van der Waals surface area (Å²) >= 11 is 3.37. The van der Waals surface area contributed by atoms with Crippen molar-refractivity contribution in [3.63, 3.8) is 0 Å². The Morgan fingerprint density at radius 3 is 1.47 bits per heavy atom. The highest BCUT2D eigenvalue weighted by Gasteiger charge is 2.59. The minimum Gasteiger partial charge on any atom is -0.440 e. The van der Waals surface area contributed by atoms with Gasteiger partial charge in [-0.3, -0.25) is 0 Å². The van der Waals surface area contributed by atoms with Gasteiger partial charge >= 0.3 is 0 Å². The molecule has 4 aliphatic rings. The number of aryl methyl sites for hydroxylation is 2. The molecule has 2 aliphatic carbocycles. The normalized spacial score (nSPS) is 23.2. The van der Waals surface area contributed by atoms with E-state index in [1.54, 1.807) is 35.7 Å². The van der Waals surface area contributed by atoms with Crippen LogP contribution in [0.25, 0.3) is 23.2 Å². The third-order valence-electron chi connectivity index (χ3n) is 13.3. The number of nitrogens with zero attached hydrogens (tertiary/aromatic N) is 10. The smallest absolute Gasteiger partial charge is 0.202 e. The molecule has 10 rings (SSSR count). The molecule has 0 radical (unpaired) electrons. The summed E-state index contributed by atoms with van der Waals surface area (Å²) in [6, 6.07) is 8.00. The summed E-state index contributed by atoms with van der Waals surface area (Å²) in [4.78, 5) is 13.2. The highest BCUT2D eigenvalue weighted by molar-refractivity contribution is 7.99. The van der Waals surface area contributed by atoms with Crippen LogP contribution in [0.3, 0.4) is 0 Å². The van der Waals surface area contributed by atoms with Crippen LogP contribution in [-0.4, -0.2) is 100 Å². The first-order valence-electron chi connectivity index (χ1n) is 21.1. The minimum atomic E-state index is -0.507. The Morgan fingerprint density at radius 2 is 1.08 bits per heavy atom. The highest BCUT2D eigenvalue weighted by Crippen LogP contribution is 2.65. The first-order chi connectivity index (χ1) is 29.9. The summed E-state index contributed by atoms with van der Waals surface area (Å²) in [5.74, 6) is 3.20. The van der Waals surface area contributed by atoms with Gasteiger partial charge in [-0.05, 0) is 124 Å². The molecule has 328 valence electrons. The Labute approximate surface area is 366 Å². The SMILES string of the molecule is Cc1ncoc1-c1nnc(SCCCN2CC[C@@]3(C[C@@H]3c3ccc(F)cc3F)C2)n1C.Cc1ncoc1-c1nnc(SCCCN2CC[C@]3(C[C@H]3c3ccc(F)cc3F)C2)n1C. The number of aromatic nitrogens is 8. The van der Waals surface area contributed by atoms with Gasteiger partial charge in [-0.2, -0.15) is 0 Å². The number of rotatable bonds is 14. The molecule has 0 amide bonds. The molecular weight excluding hydrogens is 841 g/mol. The van der Waals surface area contributed by atoms with Gasteiger partial charge in [0, 0.05) is 50.8 Å². The van der Waals surface area contributed by atoms with E-state index in [1.165, 1.54) is 24.9 Å². The van der Waals surface area contributed by atoms with Crippen LogP contribution < -0.4 is 0 Å². The maximum Gasteiger partial charge on any atom is 0.202 e. The average Bonchev–Trinajstić information content (AvgIpc) is 3.63. The minimum absolute atomic E-state index is 0.180. The van der Waals surface area contributed by atoms with Crippen LogP contribution in [0.1, 0.15) is 72.9 Å². The van der Waals surface area contributed by atoms with Crippen molar-refractivity contribution in [1.82, 2.24) is 49.3 Å². The summed E-state index contributed by atoms with van der Waals surface area (Å²) in [7, 11) is 3.87. The Hall–Kier alpha value is -4.52. The van der Waals surface area contributed by atoms with E-state index in [-0.39, 0.29) is 22.7 Å². The van der Waals surface area contributed by atoms with E-state index in [0.29, 0.717) is 34.3 Å². The fourth-order valence-corrected chi connectivity index (χ4v) is 11.3. The van der Waals surface area contributed by atoms with E-state index >= 15 is 0 Å². The zero-order valence-corrected chi connectivity index (χ0v) is 36.9. The lowest BCUT2D eigenvalue weighted by Gasteiger charge is -2.16. The van der Waals surface area contributed by atoms with E-state index in [2.05, 4.69) is 40.2 Å². The Balaban J connectivity index is 0.000000158. The predicted molar refractivity (Wildman–Crippen MR) is 228 cm³/mol. The number of thioether (sulfide) groups is 2. The van der Waals surface area contributed by atoms with Gasteiger partial charge in [0.2, 0.25) is 11.6 Å². The predicted octanol–water partition coefficient (Wildman–Crippen LogP) is 8.84. The number of benzene rings is 2. The molecule has 4 atom stereocenters. The van der Waals surface area contributed by atoms with Crippen molar-refractivity contribution in [2.24, 2.45) is 24.9 Å². The van der Waals surface area contributed by atoms with Crippen molar-refractivity contribution in [1.29, 1.82) is 0 Å². The second-order valence-electron chi connectivity index (χ2n) is 17.3. The topological polar surface area (TPSA) is 120 Å². The van der Waals surface area contributed by atoms with Gasteiger partial charge in [0.15, 0.2) is 34.6 Å². The zero-order chi connectivity index (χ0) is 43.2. The lowest BCUT2D eigenvalue weighted by atomic mass is 9.98. The first kappa shape index (κ1) is 42.8. The van der Waals surface area contributed by atoms with E-state index in [1.807, 2.05) is 37.1 Å². The second kappa shape index (κ2) is 17.6. The maximum absolute atomic E-state index is 14.2. The zero-order valence-electron chi connectivity index (χ0n) is 35.3. The van der Waals surface area contributed by atoms with Gasteiger partial charge in [0.05, 0.1) is 11.4 Å². The van der Waals surface area contributed by atoms with Crippen molar-refractivity contribution in [3.8, 4) is 23.2 Å². The maximum atomic E-state index is 14.2. The molecule has 2 aliphatic heterocycles. The van der Waals surface area contributed by atoms with Crippen LogP contribution in [-0.2, 0) is 14.1 Å². The molecule has 0 unspecified atom stereocenters. The molecule has 6 heterocycles. The van der Waals surface area contributed by atoms with Crippen molar-refractivity contribution >= 4 is 23.5 Å². The molecule has 2 saturated heterocycles. The van der Waals surface area contributed by atoms with Crippen molar-refractivity contribution in [2.45, 2.75) is 74.5 Å². The van der Waals surface area contributed by atoms with Crippen molar-refractivity contribution < 1.29 is 26.4 Å². The van der Waals surface area contributed by atoms with Gasteiger partial charge in [-0.15, -0.1) is 20.4 Å². The number of likely N-dealkylation sites (tertiary alicyclic amines) is 2. The average molecular weight is 891 g/mol. The molecule has 2 aromatic carbocycles. The van der Waals surface area contributed by atoms with E-state index in [4.69, 9.17) is 8.83 Å². The summed E-state index contributed by atoms with van der Waals surface area (Å²) in [5, 5.41) is 18.8. The van der Waals surface area contributed by atoms with Gasteiger partial charge < -0.3 is 27.8 Å². The number of hydrogen-bond acceptors (Lipinski definition) is 12. The highest BCUT2D eigenvalue weighted by atomic mass is 32.2. The number of halogens is 4. The molecule has 2 spiro atoms. The monoisotopic (exact) mass is 890 g/mol. The Kier molecular flexibility index (Phi) is 12.1. The third-order valence-corrected chi connectivity index (χ3v) is 15.5. The molecule has 18 heteroatoms. The van der Waals surface area contributed by atoms with Gasteiger partial charge in [-0.25, -0.2) is 27.5 Å². The van der Waals surface area contributed by atoms with Gasteiger partial charge in [-0.1, -0.05) is 35.7 Å². The largest absolute Gasteiger partial charge is 0.440 e. The lowest BCUT2D eigenvalue weighted by molar-refractivity contribution is 0.319. The summed E-state index contributed by atoms with van der Waals surface area (Å²) in [6.45, 7) is 9.89. The molecular formula is C44H50F4N10O2S2. The summed E-state index contributed by atoms with van der Waals surface area (Å²) in [5.41, 5.74) is 3.32. The standard InChI is InChI=1S/2C22H25F2N5OS/c2*1-14-19(30-13-25-14)20-26-27-21(28(20)2)31-9-3-7-29-8-6-22(12-29)11-17(22)16-5-4-15(23)10-18(16)24/h2*4-5,10,13,17H,3,6-9,11-12H2,1-2H3/t2*17-,22-/m10/s1. The van der Waals surface area contributed by atoms with Crippen LogP contribution in [0.5, 0.6) is 0 Å². The van der Waals surface area contributed by atoms with Gasteiger partial charge in [0.25, 0.3) is 0 Å². The molecule has 62 heavy (non-hydrogen) atoms. The molecule has 4 fully saturated rings. The quantitative estimate of drug-likeness (QED) is 0.0591. The van der Waals surface area contributed by atoms with Crippen LogP contribution >= 0.6 is 23.5 Å². The Bertz CT molecular complexity index is 2370. The molecule has 0 N–H and O–H groups in total. The second-order valence-corrected chi connectivity index (χ2v) is 19.4. The van der Waals surface area contributed by atoms with Crippen LogP contribution in [0, 0.1) is 47.9 Å². The van der Waals surface area contributed by atoms with E-state index in [9.17, 15) is 17.6 Å². The molecule has 4 aromatic heterocycles. The van der Waals surface area contributed by atoms with E-state index in [0.717, 1.165) is 123 Å². The molecule has 6 aromatic rings. The molecule has 12 nitrogen and oxygen atoms in total. The first-order valence-corrected chi connectivity index (χ1v) is 23.1. The molecule has 2 saturated carbocycles. The summed E-state index contributed by atoms with van der Waals surface area (Å²) < 4.78 is 69.4. The number of oxazole rings is 2. The van der Waals surface area contributed by atoms with Crippen LogP contribution in [0.2, 0.25) is 0 Å². The fourth-order valence-electron chi connectivity index (χ4n) is 9.61. The van der Waals surface area contributed by atoms with Crippen LogP contribution in [0.15, 0.2) is 68.3 Å². The van der Waals surface area contributed by atoms with Crippen LogP contribution in [0.4, 0.5) is 17.6 Å². The molecule has 0 bridgehead atoms. The van der Waals surface area contributed by atoms with Crippen molar-refractivity contribution in [3.05, 3.63) is 95.0 Å². The Morgan fingerprint density at radius 1 is 0.645 bits per heavy atom. The third kappa shape index (κ3) is 8.71. The summed E-state index contributed by atoms with van der Waals surface area (Å²) in [6.07, 6.45) is 9.11. The van der Waals surface area contributed by atoms with E-state index < -0.39 is 23.3 Å². The lowest BCUT2D eigenvalue weighted by Crippen LogP contribution is -2.23. The van der Waals surface area contributed by atoms with Crippen molar-refractivity contribution in [2.75, 3.05) is 50.8 Å². The fraction of sp³-hybridized carbons (Fsp3) is 0.500. The van der Waals surface area contributed by atoms with Gasteiger partial charge in [0.1, 0.15) is 23.3 Å².